The average Bonchev–Trinajstić information content (AvgIpc) is 2.86. The molecule has 126 valence electrons. The van der Waals surface area contributed by atoms with Crippen LogP contribution in [0.3, 0.4) is 0 Å². The fourth-order valence-corrected chi connectivity index (χ4v) is 3.40. The molecule has 0 aromatic heterocycles. The molecule has 1 aliphatic carbocycles. The van der Waals surface area contributed by atoms with Crippen LogP contribution in [0.15, 0.2) is 0 Å². The maximum atomic E-state index is 12.2. The molecule has 0 aromatic carbocycles. The zero-order chi connectivity index (χ0) is 16.3. The van der Waals surface area contributed by atoms with Gasteiger partial charge in [-0.3, -0.25) is 4.79 Å². The number of carbonyl (C=O) groups is 2. The Labute approximate surface area is 127 Å². The molecule has 5 nitrogen and oxygen atoms in total. The molecule has 0 radical (unpaired) electrons. The van der Waals surface area contributed by atoms with Crippen molar-refractivity contribution in [1.29, 1.82) is 0 Å². The number of hydrogen-bond acceptors (Lipinski definition) is 2. The largest absolute Gasteiger partial charge is 0.406 e. The van der Waals surface area contributed by atoms with E-state index in [-0.39, 0.29) is 12.1 Å². The monoisotopic (exact) mass is 321 g/mol. The molecule has 1 aliphatic heterocycles. The van der Waals surface area contributed by atoms with Crippen LogP contribution in [0.5, 0.6) is 0 Å². The van der Waals surface area contributed by atoms with E-state index in [1.807, 2.05) is 0 Å². The Hall–Kier alpha value is -1.47. The molecule has 3 amide bonds. The van der Waals surface area contributed by atoms with Gasteiger partial charge in [0.15, 0.2) is 0 Å². The Bertz CT molecular complexity index is 428. The standard InChI is InChI=1S/C14H22F3N3O2/c1-19(9-14(15,16)17)12(21)8-18-13(22)20-7-6-10-4-2-3-5-11(10)20/h10-11H,2-9H2,1H3,(H,18,22)/t10-,11-/m0/s1. The highest BCUT2D eigenvalue weighted by molar-refractivity contribution is 5.84. The van der Waals surface area contributed by atoms with Gasteiger partial charge in [-0.25, -0.2) is 4.79 Å². The van der Waals surface area contributed by atoms with E-state index >= 15 is 0 Å². The Balaban J connectivity index is 1.79. The van der Waals surface area contributed by atoms with Gasteiger partial charge in [0.25, 0.3) is 0 Å². The van der Waals surface area contributed by atoms with Gasteiger partial charge in [0.1, 0.15) is 6.54 Å². The summed E-state index contributed by atoms with van der Waals surface area (Å²) in [6.07, 6.45) is 0.927. The lowest BCUT2D eigenvalue weighted by Gasteiger charge is -2.31. The van der Waals surface area contributed by atoms with Gasteiger partial charge in [0.05, 0.1) is 6.54 Å². The smallest absolute Gasteiger partial charge is 0.335 e. The Morgan fingerprint density at radius 3 is 2.59 bits per heavy atom. The zero-order valence-electron chi connectivity index (χ0n) is 12.7. The second-order valence-corrected chi connectivity index (χ2v) is 6.12. The molecule has 2 fully saturated rings. The van der Waals surface area contributed by atoms with Crippen LogP contribution in [-0.2, 0) is 4.79 Å². The molecule has 1 saturated heterocycles. The second-order valence-electron chi connectivity index (χ2n) is 6.12. The van der Waals surface area contributed by atoms with Crippen molar-refractivity contribution in [2.75, 3.05) is 26.7 Å². The highest BCUT2D eigenvalue weighted by Gasteiger charge is 2.38. The van der Waals surface area contributed by atoms with E-state index in [0.717, 1.165) is 32.7 Å². The normalized spacial score (nSPS) is 24.8. The van der Waals surface area contributed by atoms with Crippen LogP contribution in [0.1, 0.15) is 32.1 Å². The number of urea groups is 1. The number of fused-ring (bicyclic) bond motifs is 1. The van der Waals surface area contributed by atoms with Crippen molar-refractivity contribution >= 4 is 11.9 Å². The van der Waals surface area contributed by atoms with Crippen molar-refractivity contribution in [1.82, 2.24) is 15.1 Å². The van der Waals surface area contributed by atoms with Gasteiger partial charge in [-0.15, -0.1) is 0 Å². The molecule has 1 heterocycles. The summed E-state index contributed by atoms with van der Waals surface area (Å²) in [5.74, 6) is -0.215. The summed E-state index contributed by atoms with van der Waals surface area (Å²) in [5, 5.41) is 2.45. The maximum absolute atomic E-state index is 12.2. The highest BCUT2D eigenvalue weighted by atomic mass is 19.4. The molecule has 2 atom stereocenters. The molecule has 8 heteroatoms. The number of amides is 3. The first-order valence-electron chi connectivity index (χ1n) is 7.63. The summed E-state index contributed by atoms with van der Waals surface area (Å²) in [5.41, 5.74) is 0. The molecule has 2 rings (SSSR count). The minimum absolute atomic E-state index is 0.219. The summed E-state index contributed by atoms with van der Waals surface area (Å²) in [7, 11) is 1.08. The molecule has 0 spiro atoms. The van der Waals surface area contributed by atoms with Crippen molar-refractivity contribution in [3.05, 3.63) is 0 Å². The third-order valence-corrected chi connectivity index (χ3v) is 4.50. The minimum atomic E-state index is -4.43. The number of hydrogen-bond donors (Lipinski definition) is 1. The predicted molar refractivity (Wildman–Crippen MR) is 74.2 cm³/mol. The van der Waals surface area contributed by atoms with E-state index < -0.39 is 25.2 Å². The van der Waals surface area contributed by atoms with Crippen molar-refractivity contribution in [2.45, 2.75) is 44.3 Å². The lowest BCUT2D eigenvalue weighted by molar-refractivity contribution is -0.157. The van der Waals surface area contributed by atoms with Gasteiger partial charge >= 0.3 is 12.2 Å². The van der Waals surface area contributed by atoms with E-state index in [1.165, 1.54) is 6.42 Å². The predicted octanol–water partition coefficient (Wildman–Crippen LogP) is 1.98. The zero-order valence-corrected chi connectivity index (χ0v) is 12.7. The van der Waals surface area contributed by atoms with Gasteiger partial charge in [-0.1, -0.05) is 12.8 Å². The first kappa shape index (κ1) is 16.9. The fourth-order valence-electron chi connectivity index (χ4n) is 3.40. The van der Waals surface area contributed by atoms with E-state index in [2.05, 4.69) is 5.32 Å². The fraction of sp³-hybridized carbons (Fsp3) is 0.857. The van der Waals surface area contributed by atoms with Crippen LogP contribution in [-0.4, -0.2) is 60.6 Å². The lowest BCUT2D eigenvalue weighted by Crippen LogP contribution is -2.48. The van der Waals surface area contributed by atoms with Crippen molar-refractivity contribution in [3.63, 3.8) is 0 Å². The quantitative estimate of drug-likeness (QED) is 0.864. The Morgan fingerprint density at radius 1 is 1.23 bits per heavy atom. The number of rotatable bonds is 3. The third kappa shape index (κ3) is 4.27. The molecule has 0 aromatic rings. The Morgan fingerprint density at radius 2 is 1.91 bits per heavy atom. The highest BCUT2D eigenvalue weighted by Crippen LogP contribution is 2.35. The van der Waals surface area contributed by atoms with Crippen LogP contribution < -0.4 is 5.32 Å². The Kier molecular flexibility index (Phi) is 5.18. The third-order valence-electron chi connectivity index (χ3n) is 4.50. The SMILES string of the molecule is CN(CC(F)(F)F)C(=O)CNC(=O)N1CC[C@@H]2CCCC[C@@H]21. The molecule has 22 heavy (non-hydrogen) atoms. The summed E-state index contributed by atoms with van der Waals surface area (Å²) in [6, 6.07) is -0.125. The van der Waals surface area contributed by atoms with Gasteiger partial charge in [-0.2, -0.15) is 13.2 Å². The van der Waals surface area contributed by atoms with Gasteiger partial charge in [0.2, 0.25) is 5.91 Å². The van der Waals surface area contributed by atoms with E-state index in [1.54, 1.807) is 4.90 Å². The summed E-state index contributed by atoms with van der Waals surface area (Å²) >= 11 is 0. The van der Waals surface area contributed by atoms with Crippen molar-refractivity contribution in [3.8, 4) is 0 Å². The van der Waals surface area contributed by atoms with Gasteiger partial charge in [0, 0.05) is 19.6 Å². The number of nitrogens with zero attached hydrogens (tertiary/aromatic N) is 2. The van der Waals surface area contributed by atoms with Gasteiger partial charge < -0.3 is 15.1 Å². The summed E-state index contributed by atoms with van der Waals surface area (Å²) in [4.78, 5) is 26.1. The van der Waals surface area contributed by atoms with Crippen LogP contribution in [0.25, 0.3) is 0 Å². The average molecular weight is 321 g/mol. The molecular weight excluding hydrogens is 299 g/mol. The number of likely N-dealkylation sites (N-methyl/N-ethyl adjacent to an activating group) is 1. The van der Waals surface area contributed by atoms with E-state index in [4.69, 9.17) is 0 Å². The minimum Gasteiger partial charge on any atom is -0.335 e. The van der Waals surface area contributed by atoms with Gasteiger partial charge in [-0.05, 0) is 25.2 Å². The van der Waals surface area contributed by atoms with Crippen LogP contribution in [0.4, 0.5) is 18.0 Å². The first-order valence-corrected chi connectivity index (χ1v) is 7.63. The molecule has 1 saturated carbocycles. The van der Waals surface area contributed by atoms with E-state index in [0.29, 0.717) is 17.4 Å². The number of halogens is 3. The summed E-state index contributed by atoms with van der Waals surface area (Å²) in [6.45, 7) is -1.05. The van der Waals surface area contributed by atoms with Crippen molar-refractivity contribution < 1.29 is 22.8 Å². The first-order chi connectivity index (χ1) is 10.3. The lowest BCUT2D eigenvalue weighted by atomic mass is 9.85. The maximum Gasteiger partial charge on any atom is 0.406 e. The molecular formula is C14H22F3N3O2. The second kappa shape index (κ2) is 6.75. The number of likely N-dealkylation sites (tertiary alicyclic amines) is 1. The number of alkyl halides is 3. The van der Waals surface area contributed by atoms with Crippen LogP contribution in [0.2, 0.25) is 0 Å². The number of nitrogens with one attached hydrogen (secondary N) is 1. The molecule has 1 N–H and O–H groups in total. The molecule has 0 unspecified atom stereocenters. The van der Waals surface area contributed by atoms with Crippen LogP contribution in [0, 0.1) is 5.92 Å². The van der Waals surface area contributed by atoms with Crippen molar-refractivity contribution in [2.24, 2.45) is 5.92 Å². The molecule has 0 bridgehead atoms. The summed E-state index contributed by atoms with van der Waals surface area (Å²) < 4.78 is 36.6. The van der Waals surface area contributed by atoms with E-state index in [9.17, 15) is 22.8 Å². The molecule has 2 aliphatic rings. The number of carbonyl (C=O) groups excluding carboxylic acids is 2. The topological polar surface area (TPSA) is 52.7 Å². The van der Waals surface area contributed by atoms with Crippen LogP contribution >= 0.6 is 0 Å².